The molecule has 0 aliphatic heterocycles. The topological polar surface area (TPSA) is 0 Å². The first kappa shape index (κ1) is 16.5. The Morgan fingerprint density at radius 1 is 0.741 bits per heavy atom. The molecule has 4 aromatic carbocycles. The minimum Gasteiger partial charge on any atom is -0.0944 e. The SMILES string of the molecule is C=C(CBr)c1ccc2ccccc2c1C1c2ccccc2-c2ccccc21. The summed E-state index contributed by atoms with van der Waals surface area (Å²) in [7, 11) is 0. The fraction of sp³-hybridized carbons (Fsp3) is 0.0769. The average Bonchev–Trinajstić information content (AvgIpc) is 3.06. The van der Waals surface area contributed by atoms with Gasteiger partial charge in [0.15, 0.2) is 0 Å². The van der Waals surface area contributed by atoms with E-state index in [0.717, 1.165) is 10.9 Å². The summed E-state index contributed by atoms with van der Waals surface area (Å²) in [4.78, 5) is 0. The van der Waals surface area contributed by atoms with Gasteiger partial charge in [0.2, 0.25) is 0 Å². The molecule has 4 aromatic rings. The lowest BCUT2D eigenvalue weighted by molar-refractivity contribution is 1.02. The number of alkyl halides is 1. The van der Waals surface area contributed by atoms with E-state index in [1.165, 1.54) is 44.2 Å². The van der Waals surface area contributed by atoms with Crippen LogP contribution >= 0.6 is 15.9 Å². The molecule has 130 valence electrons. The summed E-state index contributed by atoms with van der Waals surface area (Å²) in [6.07, 6.45) is 0. The zero-order chi connectivity index (χ0) is 18.4. The van der Waals surface area contributed by atoms with E-state index in [2.05, 4.69) is 107 Å². The molecule has 0 amide bonds. The van der Waals surface area contributed by atoms with E-state index in [1.54, 1.807) is 0 Å². The Kier molecular flexibility index (Phi) is 3.98. The summed E-state index contributed by atoms with van der Waals surface area (Å²) < 4.78 is 0. The molecule has 0 bridgehead atoms. The molecule has 27 heavy (non-hydrogen) atoms. The number of fused-ring (bicyclic) bond motifs is 4. The minimum absolute atomic E-state index is 0.231. The highest BCUT2D eigenvalue weighted by Gasteiger charge is 2.32. The molecule has 1 aliphatic rings. The molecule has 1 aliphatic carbocycles. The van der Waals surface area contributed by atoms with Crippen LogP contribution in [0.2, 0.25) is 0 Å². The fourth-order valence-electron chi connectivity index (χ4n) is 4.45. The Bertz CT molecular complexity index is 1140. The molecule has 1 heteroatoms. The third-order valence-corrected chi connectivity index (χ3v) is 6.31. The molecule has 0 unspecified atom stereocenters. The standard InChI is InChI=1S/C26H19Br/c1-17(16-27)19-15-14-18-8-2-3-9-20(18)25(19)26-23-12-6-4-10-21(23)22-11-5-7-13-24(22)26/h2-15,26H,1,16H2. The van der Waals surface area contributed by atoms with E-state index in [4.69, 9.17) is 0 Å². The lowest BCUT2D eigenvalue weighted by atomic mass is 9.82. The highest BCUT2D eigenvalue weighted by molar-refractivity contribution is 9.09. The Morgan fingerprint density at radius 2 is 1.33 bits per heavy atom. The molecule has 0 saturated carbocycles. The Morgan fingerprint density at radius 3 is 2.00 bits per heavy atom. The van der Waals surface area contributed by atoms with Crippen molar-refractivity contribution in [1.82, 2.24) is 0 Å². The molecular formula is C26H19Br. The van der Waals surface area contributed by atoms with Crippen LogP contribution in [0.3, 0.4) is 0 Å². The van der Waals surface area contributed by atoms with Crippen molar-refractivity contribution in [3.8, 4) is 11.1 Å². The van der Waals surface area contributed by atoms with Crippen LogP contribution in [0.25, 0.3) is 27.5 Å². The van der Waals surface area contributed by atoms with Crippen molar-refractivity contribution >= 4 is 32.3 Å². The summed E-state index contributed by atoms with van der Waals surface area (Å²) in [5.74, 6) is 0.231. The van der Waals surface area contributed by atoms with Crippen LogP contribution < -0.4 is 0 Å². The van der Waals surface area contributed by atoms with Gasteiger partial charge < -0.3 is 0 Å². The summed E-state index contributed by atoms with van der Waals surface area (Å²) >= 11 is 3.62. The van der Waals surface area contributed by atoms with E-state index in [1.807, 2.05) is 0 Å². The number of allylic oxidation sites excluding steroid dienone is 1. The van der Waals surface area contributed by atoms with Crippen molar-refractivity contribution in [3.63, 3.8) is 0 Å². The first-order chi connectivity index (χ1) is 13.3. The van der Waals surface area contributed by atoms with Gasteiger partial charge in [-0.2, -0.15) is 0 Å². The van der Waals surface area contributed by atoms with Gasteiger partial charge in [0, 0.05) is 11.2 Å². The van der Waals surface area contributed by atoms with Crippen molar-refractivity contribution in [2.24, 2.45) is 0 Å². The van der Waals surface area contributed by atoms with Crippen molar-refractivity contribution < 1.29 is 0 Å². The largest absolute Gasteiger partial charge is 0.0944 e. The molecule has 0 radical (unpaired) electrons. The van der Waals surface area contributed by atoms with Crippen molar-refractivity contribution in [3.05, 3.63) is 114 Å². The second-order valence-corrected chi connectivity index (χ2v) is 7.65. The third-order valence-electron chi connectivity index (χ3n) is 5.64. The second kappa shape index (κ2) is 6.51. The van der Waals surface area contributed by atoms with Gasteiger partial charge in [0.1, 0.15) is 0 Å². The first-order valence-electron chi connectivity index (χ1n) is 9.23. The maximum absolute atomic E-state index is 4.35. The number of benzene rings is 4. The van der Waals surface area contributed by atoms with E-state index in [-0.39, 0.29) is 5.92 Å². The van der Waals surface area contributed by atoms with Gasteiger partial charge in [-0.15, -0.1) is 0 Å². The summed E-state index contributed by atoms with van der Waals surface area (Å²) in [6, 6.07) is 30.8. The first-order valence-corrected chi connectivity index (χ1v) is 10.4. The Hall–Kier alpha value is -2.64. The monoisotopic (exact) mass is 410 g/mol. The molecule has 0 fully saturated rings. The lowest BCUT2D eigenvalue weighted by Gasteiger charge is -2.22. The van der Waals surface area contributed by atoms with Gasteiger partial charge in [-0.1, -0.05) is 107 Å². The van der Waals surface area contributed by atoms with Crippen LogP contribution in [-0.2, 0) is 0 Å². The van der Waals surface area contributed by atoms with Crippen molar-refractivity contribution in [2.45, 2.75) is 5.92 Å². The normalized spacial score (nSPS) is 12.8. The van der Waals surface area contributed by atoms with Crippen LogP contribution in [0.5, 0.6) is 0 Å². The molecule has 0 saturated heterocycles. The van der Waals surface area contributed by atoms with Crippen LogP contribution in [-0.4, -0.2) is 5.33 Å². The number of halogens is 1. The molecule has 0 spiro atoms. The molecule has 0 N–H and O–H groups in total. The number of rotatable bonds is 3. The van der Waals surface area contributed by atoms with Crippen molar-refractivity contribution in [2.75, 3.05) is 5.33 Å². The third kappa shape index (κ3) is 2.49. The molecule has 5 rings (SSSR count). The summed E-state index contributed by atoms with van der Waals surface area (Å²) in [6.45, 7) is 4.35. The molecule has 0 aromatic heterocycles. The molecular weight excluding hydrogens is 392 g/mol. The predicted molar refractivity (Wildman–Crippen MR) is 120 cm³/mol. The highest BCUT2D eigenvalue weighted by atomic mass is 79.9. The van der Waals surface area contributed by atoms with Gasteiger partial charge in [0.25, 0.3) is 0 Å². The van der Waals surface area contributed by atoms with Crippen LogP contribution in [0, 0.1) is 0 Å². The van der Waals surface area contributed by atoms with E-state index >= 15 is 0 Å². The van der Waals surface area contributed by atoms with Crippen LogP contribution in [0.1, 0.15) is 28.2 Å². The van der Waals surface area contributed by atoms with E-state index < -0.39 is 0 Å². The van der Waals surface area contributed by atoms with Gasteiger partial charge in [-0.25, -0.2) is 0 Å². The van der Waals surface area contributed by atoms with Crippen LogP contribution in [0.4, 0.5) is 0 Å². The number of hydrogen-bond donors (Lipinski definition) is 0. The molecule has 0 atom stereocenters. The average molecular weight is 411 g/mol. The smallest absolute Gasteiger partial charge is 0.0364 e. The predicted octanol–water partition coefficient (Wildman–Crippen LogP) is 7.41. The quantitative estimate of drug-likeness (QED) is 0.271. The van der Waals surface area contributed by atoms with Gasteiger partial charge in [-0.3, -0.25) is 0 Å². The maximum atomic E-state index is 4.35. The molecule has 0 nitrogen and oxygen atoms in total. The van der Waals surface area contributed by atoms with E-state index in [9.17, 15) is 0 Å². The highest BCUT2D eigenvalue weighted by Crippen LogP contribution is 2.50. The van der Waals surface area contributed by atoms with Gasteiger partial charge >= 0.3 is 0 Å². The van der Waals surface area contributed by atoms with Gasteiger partial charge in [0.05, 0.1) is 0 Å². The summed E-state index contributed by atoms with van der Waals surface area (Å²) in [5.41, 5.74) is 9.22. The zero-order valence-corrected chi connectivity index (χ0v) is 16.5. The molecule has 0 heterocycles. The number of hydrogen-bond acceptors (Lipinski definition) is 0. The fourth-order valence-corrected chi connectivity index (χ4v) is 4.76. The maximum Gasteiger partial charge on any atom is 0.0364 e. The van der Waals surface area contributed by atoms with Gasteiger partial charge in [-0.05, 0) is 49.7 Å². The summed E-state index contributed by atoms with van der Waals surface area (Å²) in [5, 5.41) is 3.36. The minimum atomic E-state index is 0.231. The Labute approximate surface area is 168 Å². The zero-order valence-electron chi connectivity index (χ0n) is 15.0. The Balaban J connectivity index is 1.90. The van der Waals surface area contributed by atoms with Crippen LogP contribution in [0.15, 0.2) is 91.5 Å². The van der Waals surface area contributed by atoms with E-state index in [0.29, 0.717) is 0 Å². The van der Waals surface area contributed by atoms with Crippen molar-refractivity contribution in [1.29, 1.82) is 0 Å². The second-order valence-electron chi connectivity index (χ2n) is 7.09. The lowest BCUT2D eigenvalue weighted by Crippen LogP contribution is -2.05.